The summed E-state index contributed by atoms with van der Waals surface area (Å²) in [4.78, 5) is 9.06. The third-order valence-corrected chi connectivity index (χ3v) is 3.32. The van der Waals surface area contributed by atoms with Crippen LogP contribution in [0.3, 0.4) is 0 Å². The molecule has 3 heterocycles. The summed E-state index contributed by atoms with van der Waals surface area (Å²) in [5.41, 5.74) is -0.962. The zero-order chi connectivity index (χ0) is 14.3. The first kappa shape index (κ1) is 13.1. The van der Waals surface area contributed by atoms with E-state index in [1.165, 1.54) is 10.8 Å². The average Bonchev–Trinajstić information content (AvgIpc) is 2.81. The number of alkyl halides is 3. The first-order chi connectivity index (χ1) is 9.50. The molecule has 9 heteroatoms. The third kappa shape index (κ3) is 2.07. The Hall–Kier alpha value is -1.90. The van der Waals surface area contributed by atoms with E-state index in [9.17, 15) is 13.2 Å². The van der Waals surface area contributed by atoms with Crippen LogP contribution in [0.15, 0.2) is 12.4 Å². The first-order valence-corrected chi connectivity index (χ1v) is 6.04. The molecule has 0 saturated carbocycles. The summed E-state index contributed by atoms with van der Waals surface area (Å²) in [6.45, 7) is 1.12. The molecular formula is C11H12F3N5O. The van der Waals surface area contributed by atoms with E-state index in [2.05, 4.69) is 15.1 Å². The Morgan fingerprint density at radius 1 is 1.45 bits per heavy atom. The van der Waals surface area contributed by atoms with Crippen LogP contribution in [0.2, 0.25) is 0 Å². The SMILES string of the molecule is COCC1CCN1c1cc(C(F)(F)F)nc2ncnn12. The fourth-order valence-electron chi connectivity index (χ4n) is 2.25. The lowest BCUT2D eigenvalue weighted by Crippen LogP contribution is -2.51. The van der Waals surface area contributed by atoms with Crippen LogP contribution in [-0.2, 0) is 10.9 Å². The molecule has 0 aromatic carbocycles. The summed E-state index contributed by atoms with van der Waals surface area (Å²) >= 11 is 0. The van der Waals surface area contributed by atoms with Crippen LogP contribution in [0.4, 0.5) is 19.0 Å². The second-order valence-electron chi connectivity index (χ2n) is 4.56. The lowest BCUT2D eigenvalue weighted by molar-refractivity contribution is -0.141. The lowest BCUT2D eigenvalue weighted by Gasteiger charge is -2.42. The topological polar surface area (TPSA) is 55.5 Å². The molecule has 1 saturated heterocycles. The fourth-order valence-corrected chi connectivity index (χ4v) is 2.25. The number of halogens is 3. The van der Waals surface area contributed by atoms with Gasteiger partial charge in [0.1, 0.15) is 12.1 Å². The molecule has 1 atom stereocenters. The van der Waals surface area contributed by atoms with Crippen molar-refractivity contribution in [1.29, 1.82) is 0 Å². The van der Waals surface area contributed by atoms with Gasteiger partial charge in [-0.05, 0) is 6.42 Å². The van der Waals surface area contributed by atoms with Gasteiger partial charge in [0.05, 0.1) is 12.6 Å². The van der Waals surface area contributed by atoms with Crippen LogP contribution in [0.25, 0.3) is 5.78 Å². The molecule has 2 aromatic heterocycles. The van der Waals surface area contributed by atoms with Crippen molar-refractivity contribution in [3.05, 3.63) is 18.1 Å². The van der Waals surface area contributed by atoms with Crippen molar-refractivity contribution in [3.8, 4) is 0 Å². The molecule has 1 aliphatic rings. The van der Waals surface area contributed by atoms with Crippen molar-refractivity contribution in [2.75, 3.05) is 25.2 Å². The Labute approximate surface area is 112 Å². The lowest BCUT2D eigenvalue weighted by atomic mass is 10.0. The maximum Gasteiger partial charge on any atom is 0.433 e. The molecule has 3 rings (SSSR count). The van der Waals surface area contributed by atoms with Crippen molar-refractivity contribution in [1.82, 2.24) is 19.6 Å². The number of anilines is 1. The van der Waals surface area contributed by atoms with E-state index >= 15 is 0 Å². The van der Waals surface area contributed by atoms with Gasteiger partial charge in [-0.3, -0.25) is 0 Å². The van der Waals surface area contributed by atoms with Gasteiger partial charge in [0.15, 0.2) is 5.69 Å². The van der Waals surface area contributed by atoms with Gasteiger partial charge in [-0.15, -0.1) is 0 Å². The van der Waals surface area contributed by atoms with Gasteiger partial charge in [0.2, 0.25) is 0 Å². The quantitative estimate of drug-likeness (QED) is 0.853. The summed E-state index contributed by atoms with van der Waals surface area (Å²) in [5.74, 6) is 0.283. The van der Waals surface area contributed by atoms with E-state index in [0.29, 0.717) is 19.0 Å². The Morgan fingerprint density at radius 2 is 2.25 bits per heavy atom. The number of nitrogens with zero attached hydrogens (tertiary/aromatic N) is 5. The highest BCUT2D eigenvalue weighted by Crippen LogP contribution is 2.33. The highest BCUT2D eigenvalue weighted by molar-refractivity contribution is 5.50. The highest BCUT2D eigenvalue weighted by atomic mass is 19.4. The molecule has 1 unspecified atom stereocenters. The highest BCUT2D eigenvalue weighted by Gasteiger charge is 2.37. The largest absolute Gasteiger partial charge is 0.433 e. The third-order valence-electron chi connectivity index (χ3n) is 3.32. The van der Waals surface area contributed by atoms with Crippen molar-refractivity contribution >= 4 is 11.6 Å². The molecule has 0 aliphatic carbocycles. The van der Waals surface area contributed by atoms with Gasteiger partial charge in [0.25, 0.3) is 5.78 Å². The predicted octanol–water partition coefficient (Wildman–Crippen LogP) is 1.37. The molecule has 0 radical (unpaired) electrons. The molecule has 6 nitrogen and oxygen atoms in total. The monoisotopic (exact) mass is 287 g/mol. The maximum absolute atomic E-state index is 12.9. The van der Waals surface area contributed by atoms with E-state index in [-0.39, 0.29) is 11.8 Å². The standard InChI is InChI=1S/C11H12F3N5O/c1-20-5-7-2-3-18(7)9-4-8(11(12,13)14)17-10-15-6-16-19(9)10/h4,6-7H,2-3,5H2,1H3. The minimum atomic E-state index is -4.51. The van der Waals surface area contributed by atoms with Gasteiger partial charge in [-0.2, -0.15) is 27.8 Å². The van der Waals surface area contributed by atoms with E-state index in [0.717, 1.165) is 12.5 Å². The van der Waals surface area contributed by atoms with Gasteiger partial charge in [-0.25, -0.2) is 4.98 Å². The molecule has 1 aliphatic heterocycles. The molecule has 20 heavy (non-hydrogen) atoms. The zero-order valence-electron chi connectivity index (χ0n) is 10.6. The number of ether oxygens (including phenoxy) is 1. The van der Waals surface area contributed by atoms with Gasteiger partial charge in [0, 0.05) is 19.7 Å². The van der Waals surface area contributed by atoms with Gasteiger partial charge >= 0.3 is 6.18 Å². The molecule has 0 amide bonds. The number of methoxy groups -OCH3 is 1. The molecule has 2 aromatic rings. The second kappa shape index (κ2) is 4.58. The average molecular weight is 287 g/mol. The molecule has 0 N–H and O–H groups in total. The van der Waals surface area contributed by atoms with E-state index < -0.39 is 11.9 Å². The van der Waals surface area contributed by atoms with Crippen LogP contribution in [-0.4, -0.2) is 45.9 Å². The maximum atomic E-state index is 12.9. The van der Waals surface area contributed by atoms with Crippen molar-refractivity contribution in [2.24, 2.45) is 0 Å². The number of fused-ring (bicyclic) bond motifs is 1. The first-order valence-electron chi connectivity index (χ1n) is 6.04. The van der Waals surface area contributed by atoms with Crippen molar-refractivity contribution in [2.45, 2.75) is 18.6 Å². The zero-order valence-corrected chi connectivity index (χ0v) is 10.6. The number of hydrogen-bond donors (Lipinski definition) is 0. The Bertz CT molecular complexity index is 626. The molecule has 1 fully saturated rings. The summed E-state index contributed by atoms with van der Waals surface area (Å²) in [6.07, 6.45) is -2.45. The van der Waals surface area contributed by atoms with Crippen LogP contribution in [0.5, 0.6) is 0 Å². The summed E-state index contributed by atoms with van der Waals surface area (Å²) in [7, 11) is 1.56. The van der Waals surface area contributed by atoms with Gasteiger partial charge in [-0.1, -0.05) is 0 Å². The van der Waals surface area contributed by atoms with Crippen LogP contribution in [0, 0.1) is 0 Å². The molecule has 0 bridgehead atoms. The van der Waals surface area contributed by atoms with E-state index in [1.807, 2.05) is 4.90 Å². The summed E-state index contributed by atoms with van der Waals surface area (Å²) in [6, 6.07) is 1.06. The number of aromatic nitrogens is 4. The Morgan fingerprint density at radius 3 is 2.85 bits per heavy atom. The van der Waals surface area contributed by atoms with Crippen LogP contribution >= 0.6 is 0 Å². The fraction of sp³-hybridized carbons (Fsp3) is 0.545. The Balaban J connectivity index is 2.07. The summed E-state index contributed by atoms with van der Waals surface area (Å²) in [5, 5.41) is 3.93. The van der Waals surface area contributed by atoms with Crippen LogP contribution in [0.1, 0.15) is 12.1 Å². The van der Waals surface area contributed by atoms with E-state index in [4.69, 9.17) is 4.74 Å². The molecular weight excluding hydrogens is 275 g/mol. The second-order valence-corrected chi connectivity index (χ2v) is 4.56. The number of rotatable bonds is 3. The molecule has 108 valence electrons. The van der Waals surface area contributed by atoms with E-state index in [1.54, 1.807) is 7.11 Å². The number of hydrogen-bond acceptors (Lipinski definition) is 5. The minimum absolute atomic E-state index is 0.0517. The molecule has 0 spiro atoms. The van der Waals surface area contributed by atoms with Gasteiger partial charge < -0.3 is 9.64 Å². The summed E-state index contributed by atoms with van der Waals surface area (Å²) < 4.78 is 45.0. The normalized spacial score (nSPS) is 19.4. The van der Waals surface area contributed by atoms with Crippen LogP contribution < -0.4 is 4.90 Å². The van der Waals surface area contributed by atoms with Crippen molar-refractivity contribution < 1.29 is 17.9 Å². The predicted molar refractivity (Wildman–Crippen MR) is 63.4 cm³/mol. The smallest absolute Gasteiger partial charge is 0.383 e. The Kier molecular flexibility index (Phi) is 3.00. The minimum Gasteiger partial charge on any atom is -0.383 e. The van der Waals surface area contributed by atoms with Crippen molar-refractivity contribution in [3.63, 3.8) is 0 Å².